The van der Waals surface area contributed by atoms with Gasteiger partial charge in [0.25, 0.3) is 5.91 Å². The Balaban J connectivity index is 2.07. The molecule has 0 aliphatic heterocycles. The van der Waals surface area contributed by atoms with Crippen LogP contribution in [0.4, 0.5) is 0 Å². The number of nitrogens with one attached hydrogen (secondary N) is 2. The molecule has 1 unspecified atom stereocenters. The smallest absolute Gasteiger partial charge is 0.305 e. The van der Waals surface area contributed by atoms with Crippen LogP contribution in [0, 0.1) is 5.92 Å². The van der Waals surface area contributed by atoms with Gasteiger partial charge in [-0.3, -0.25) is 14.4 Å². The van der Waals surface area contributed by atoms with Crippen molar-refractivity contribution in [1.82, 2.24) is 10.3 Å². The topological polar surface area (TPSA) is 99.3 Å². The summed E-state index contributed by atoms with van der Waals surface area (Å²) in [5.41, 5.74) is -0.371. The number of H-pyrrole nitrogens is 1. The number of aromatic nitrogens is 1. The van der Waals surface area contributed by atoms with Crippen molar-refractivity contribution in [2.75, 3.05) is 0 Å². The highest BCUT2D eigenvalue weighted by atomic mass is 16.4. The van der Waals surface area contributed by atoms with E-state index in [0.29, 0.717) is 0 Å². The molecule has 0 saturated heterocycles. The average Bonchev–Trinajstić information content (AvgIpc) is 3.11. The Bertz CT molecular complexity index is 519. The van der Waals surface area contributed by atoms with Gasteiger partial charge in [-0.2, -0.15) is 0 Å². The maximum Gasteiger partial charge on any atom is 0.305 e. The number of aliphatic carboxylic acids is 1. The van der Waals surface area contributed by atoms with E-state index in [-0.39, 0.29) is 23.3 Å². The quantitative estimate of drug-likeness (QED) is 0.702. The van der Waals surface area contributed by atoms with Gasteiger partial charge in [0.05, 0.1) is 6.42 Å². The lowest BCUT2D eigenvalue weighted by Crippen LogP contribution is -2.39. The minimum Gasteiger partial charge on any atom is -0.481 e. The second-order valence-corrected chi connectivity index (χ2v) is 4.44. The summed E-state index contributed by atoms with van der Waals surface area (Å²) in [5.74, 6) is -1.25. The summed E-state index contributed by atoms with van der Waals surface area (Å²) in [7, 11) is 0. The fourth-order valence-electron chi connectivity index (χ4n) is 1.86. The molecule has 96 valence electrons. The number of carbonyl (C=O) groups excluding carboxylic acids is 1. The van der Waals surface area contributed by atoms with E-state index < -0.39 is 17.9 Å². The largest absolute Gasteiger partial charge is 0.481 e. The van der Waals surface area contributed by atoms with Gasteiger partial charge in [0, 0.05) is 24.5 Å². The zero-order valence-electron chi connectivity index (χ0n) is 9.68. The van der Waals surface area contributed by atoms with Gasteiger partial charge in [-0.15, -0.1) is 0 Å². The summed E-state index contributed by atoms with van der Waals surface area (Å²) in [6.07, 6.45) is 4.49. The Kier molecular flexibility index (Phi) is 3.45. The number of hydrogen-bond donors (Lipinski definition) is 3. The van der Waals surface area contributed by atoms with Crippen molar-refractivity contribution >= 4 is 11.9 Å². The molecule has 1 aliphatic carbocycles. The van der Waals surface area contributed by atoms with Crippen molar-refractivity contribution in [3.05, 3.63) is 34.2 Å². The molecule has 1 heterocycles. The fraction of sp³-hybridized carbons (Fsp3) is 0.417. The molecule has 0 radical (unpaired) electrons. The Labute approximate surface area is 103 Å². The molecule has 0 aromatic carbocycles. The summed E-state index contributed by atoms with van der Waals surface area (Å²) in [6.45, 7) is 0. The van der Waals surface area contributed by atoms with E-state index in [9.17, 15) is 14.4 Å². The lowest BCUT2D eigenvalue weighted by molar-refractivity contribution is -0.137. The molecule has 1 amide bonds. The van der Waals surface area contributed by atoms with Gasteiger partial charge in [-0.25, -0.2) is 0 Å². The second-order valence-electron chi connectivity index (χ2n) is 4.44. The van der Waals surface area contributed by atoms with Crippen LogP contribution in [0.1, 0.15) is 29.6 Å². The monoisotopic (exact) mass is 250 g/mol. The van der Waals surface area contributed by atoms with Crippen LogP contribution < -0.4 is 10.7 Å². The van der Waals surface area contributed by atoms with Gasteiger partial charge in [-0.1, -0.05) is 0 Å². The molecule has 1 aliphatic rings. The van der Waals surface area contributed by atoms with E-state index in [0.717, 1.165) is 12.8 Å². The van der Waals surface area contributed by atoms with Gasteiger partial charge >= 0.3 is 5.97 Å². The van der Waals surface area contributed by atoms with Crippen LogP contribution >= 0.6 is 0 Å². The van der Waals surface area contributed by atoms with E-state index in [4.69, 9.17) is 5.11 Å². The minimum atomic E-state index is -0.950. The van der Waals surface area contributed by atoms with Crippen LogP contribution in [0.15, 0.2) is 23.3 Å². The molecule has 1 saturated carbocycles. The number of rotatable bonds is 5. The Morgan fingerprint density at radius 1 is 1.50 bits per heavy atom. The van der Waals surface area contributed by atoms with Crippen molar-refractivity contribution in [2.45, 2.75) is 25.3 Å². The fourth-order valence-corrected chi connectivity index (χ4v) is 1.86. The van der Waals surface area contributed by atoms with Gasteiger partial charge in [0.2, 0.25) is 0 Å². The molecule has 0 bridgehead atoms. The van der Waals surface area contributed by atoms with Gasteiger partial charge in [0.15, 0.2) is 5.43 Å². The highest BCUT2D eigenvalue weighted by molar-refractivity contribution is 5.94. The van der Waals surface area contributed by atoms with Crippen LogP contribution in [0.5, 0.6) is 0 Å². The van der Waals surface area contributed by atoms with E-state index in [1.165, 1.54) is 18.5 Å². The lowest BCUT2D eigenvalue weighted by atomic mass is 10.1. The number of hydrogen-bond acceptors (Lipinski definition) is 3. The first-order valence-corrected chi connectivity index (χ1v) is 5.77. The third-order valence-electron chi connectivity index (χ3n) is 2.97. The average molecular weight is 250 g/mol. The Hall–Kier alpha value is -2.11. The van der Waals surface area contributed by atoms with E-state index in [1.807, 2.05) is 0 Å². The second kappa shape index (κ2) is 5.03. The number of aromatic amines is 1. The highest BCUT2D eigenvalue weighted by Gasteiger charge is 2.34. The van der Waals surface area contributed by atoms with Gasteiger partial charge < -0.3 is 15.4 Å². The van der Waals surface area contributed by atoms with Crippen LogP contribution in [0.3, 0.4) is 0 Å². The summed E-state index contributed by atoms with van der Waals surface area (Å²) in [4.78, 5) is 36.7. The number of pyridine rings is 1. The van der Waals surface area contributed by atoms with Crippen LogP contribution in [0.25, 0.3) is 0 Å². The predicted molar refractivity (Wildman–Crippen MR) is 63.3 cm³/mol. The van der Waals surface area contributed by atoms with Gasteiger partial charge in [0.1, 0.15) is 5.56 Å². The SMILES string of the molecule is O=C(O)CC(NC(=O)c1c[nH]ccc1=O)C1CC1. The number of carboxylic acid groups (broad SMARTS) is 1. The van der Waals surface area contributed by atoms with E-state index >= 15 is 0 Å². The molecule has 1 fully saturated rings. The molecular formula is C12H14N2O4. The van der Waals surface area contributed by atoms with Crippen LogP contribution in [-0.4, -0.2) is 28.0 Å². The lowest BCUT2D eigenvalue weighted by Gasteiger charge is -2.15. The standard InChI is InChI=1S/C12H14N2O4/c15-10-3-4-13-6-8(10)12(18)14-9(5-11(16)17)7-1-2-7/h3-4,6-7,9H,1-2,5H2,(H,13,15)(H,14,18)(H,16,17). The number of carbonyl (C=O) groups is 2. The minimum absolute atomic E-state index is 0.00791. The molecule has 0 spiro atoms. The zero-order chi connectivity index (χ0) is 13.1. The number of amides is 1. The Morgan fingerprint density at radius 2 is 2.22 bits per heavy atom. The van der Waals surface area contributed by atoms with Crippen molar-refractivity contribution in [3.8, 4) is 0 Å². The van der Waals surface area contributed by atoms with Crippen LogP contribution in [0.2, 0.25) is 0 Å². The Morgan fingerprint density at radius 3 is 2.78 bits per heavy atom. The van der Waals surface area contributed by atoms with Crippen molar-refractivity contribution in [3.63, 3.8) is 0 Å². The van der Waals surface area contributed by atoms with Crippen molar-refractivity contribution < 1.29 is 14.7 Å². The first-order valence-electron chi connectivity index (χ1n) is 5.77. The van der Waals surface area contributed by atoms with E-state index in [1.54, 1.807) is 0 Å². The van der Waals surface area contributed by atoms with Crippen molar-refractivity contribution in [2.24, 2.45) is 5.92 Å². The molecule has 1 aromatic rings. The number of carboxylic acids is 1. The van der Waals surface area contributed by atoms with Gasteiger partial charge in [-0.05, 0) is 18.8 Å². The summed E-state index contributed by atoms with van der Waals surface area (Å²) < 4.78 is 0. The molecular weight excluding hydrogens is 236 g/mol. The normalized spacial score (nSPS) is 16.0. The maximum absolute atomic E-state index is 11.9. The molecule has 18 heavy (non-hydrogen) atoms. The molecule has 1 aromatic heterocycles. The van der Waals surface area contributed by atoms with Crippen LogP contribution in [-0.2, 0) is 4.79 Å². The first-order chi connectivity index (χ1) is 8.58. The summed E-state index contributed by atoms with van der Waals surface area (Å²) >= 11 is 0. The summed E-state index contributed by atoms with van der Waals surface area (Å²) in [5, 5.41) is 11.4. The third kappa shape index (κ3) is 2.97. The summed E-state index contributed by atoms with van der Waals surface area (Å²) in [6, 6.07) is 0.868. The van der Waals surface area contributed by atoms with Crippen molar-refractivity contribution in [1.29, 1.82) is 0 Å². The molecule has 3 N–H and O–H groups in total. The molecule has 2 rings (SSSR count). The maximum atomic E-state index is 11.9. The third-order valence-corrected chi connectivity index (χ3v) is 2.97. The van der Waals surface area contributed by atoms with E-state index in [2.05, 4.69) is 10.3 Å². The predicted octanol–water partition coefficient (Wildman–Crippen LogP) is 0.358. The zero-order valence-corrected chi connectivity index (χ0v) is 9.68. The molecule has 6 heteroatoms. The molecule has 6 nitrogen and oxygen atoms in total. The molecule has 1 atom stereocenters. The highest BCUT2D eigenvalue weighted by Crippen LogP contribution is 2.34. The first kappa shape index (κ1) is 12.3.